The molecule has 0 heterocycles. The summed E-state index contributed by atoms with van der Waals surface area (Å²) >= 11 is 5.66. The van der Waals surface area contributed by atoms with Crippen LogP contribution in [0.2, 0.25) is 5.02 Å². The van der Waals surface area contributed by atoms with E-state index >= 15 is 0 Å². The number of nitrogens with two attached hydrogens (primary N) is 1. The molecule has 66 valence electrons. The number of nitrogens with zero attached hydrogens (tertiary/aromatic N) is 1. The van der Waals surface area contributed by atoms with Gasteiger partial charge in [-0.15, -0.1) is 0 Å². The van der Waals surface area contributed by atoms with E-state index in [0.29, 0.717) is 10.6 Å². The monoisotopic (exact) mass is 195 g/mol. The number of halogens is 1. The molecule has 3 N–H and O–H groups in total. The van der Waals surface area contributed by atoms with Crippen LogP contribution in [0.4, 0.5) is 0 Å². The maximum Gasteiger partial charge on any atom is 0.265 e. The number of benzene rings is 1. The first kappa shape index (κ1) is 9.52. The Kier molecular flexibility index (Phi) is 2.85. The van der Waals surface area contributed by atoms with Crippen molar-refractivity contribution in [1.82, 2.24) is 5.43 Å². The average Bonchev–Trinajstić information content (AvgIpc) is 2.17. The standard InChI is InChI=1S/C8H6ClN3O/c9-7-2-1-5(8(13)12-11)3-6(7)4-10/h1-3H,11H2,(H,12,13). The summed E-state index contributed by atoms with van der Waals surface area (Å²) in [6, 6.07) is 6.21. The predicted octanol–water partition coefficient (Wildman–Crippen LogP) is 0.815. The number of carbonyl (C=O) groups excluding carboxylic acids is 1. The normalized spacial score (nSPS) is 9.00. The molecule has 13 heavy (non-hydrogen) atoms. The van der Waals surface area contributed by atoms with Crippen LogP contribution >= 0.6 is 11.6 Å². The van der Waals surface area contributed by atoms with Gasteiger partial charge in [-0.3, -0.25) is 10.2 Å². The smallest absolute Gasteiger partial charge is 0.265 e. The zero-order valence-electron chi connectivity index (χ0n) is 6.54. The number of hydrazine groups is 1. The Hall–Kier alpha value is -1.57. The number of hydrogen-bond donors (Lipinski definition) is 2. The van der Waals surface area contributed by atoms with E-state index in [2.05, 4.69) is 0 Å². The van der Waals surface area contributed by atoms with Gasteiger partial charge in [-0.1, -0.05) is 11.6 Å². The van der Waals surface area contributed by atoms with Gasteiger partial charge in [0, 0.05) is 5.56 Å². The number of hydrogen-bond acceptors (Lipinski definition) is 3. The molecule has 1 rings (SSSR count). The molecule has 1 aromatic carbocycles. The first-order valence-corrected chi connectivity index (χ1v) is 3.77. The highest BCUT2D eigenvalue weighted by Gasteiger charge is 2.06. The van der Waals surface area contributed by atoms with Gasteiger partial charge < -0.3 is 0 Å². The molecule has 0 aliphatic heterocycles. The largest absolute Gasteiger partial charge is 0.290 e. The van der Waals surface area contributed by atoms with Crippen LogP contribution in [-0.2, 0) is 0 Å². The van der Waals surface area contributed by atoms with E-state index in [1.807, 2.05) is 11.5 Å². The minimum Gasteiger partial charge on any atom is -0.290 e. The fourth-order valence-electron chi connectivity index (χ4n) is 0.836. The Labute approximate surface area is 79.9 Å². The van der Waals surface area contributed by atoms with Crippen molar-refractivity contribution in [2.24, 2.45) is 5.84 Å². The van der Waals surface area contributed by atoms with Crippen molar-refractivity contribution in [1.29, 1.82) is 5.26 Å². The molecule has 0 fully saturated rings. The van der Waals surface area contributed by atoms with Crippen molar-refractivity contribution in [3.8, 4) is 6.07 Å². The quantitative estimate of drug-likeness (QED) is 0.396. The van der Waals surface area contributed by atoms with Crippen molar-refractivity contribution >= 4 is 17.5 Å². The molecule has 4 nitrogen and oxygen atoms in total. The lowest BCUT2D eigenvalue weighted by Gasteiger charge is -2.00. The summed E-state index contributed by atoms with van der Waals surface area (Å²) in [5.74, 6) is 4.47. The third kappa shape index (κ3) is 1.96. The summed E-state index contributed by atoms with van der Waals surface area (Å²) < 4.78 is 0. The number of nitrogen functional groups attached to an aromatic ring is 1. The maximum absolute atomic E-state index is 11.0. The van der Waals surface area contributed by atoms with Crippen molar-refractivity contribution in [3.63, 3.8) is 0 Å². The lowest BCUT2D eigenvalue weighted by atomic mass is 10.1. The van der Waals surface area contributed by atoms with Crippen molar-refractivity contribution in [3.05, 3.63) is 34.3 Å². The molecule has 1 aromatic rings. The van der Waals surface area contributed by atoms with Gasteiger partial charge in [0.25, 0.3) is 5.91 Å². The van der Waals surface area contributed by atoms with Crippen LogP contribution in [0.15, 0.2) is 18.2 Å². The van der Waals surface area contributed by atoms with Crippen LogP contribution in [0.25, 0.3) is 0 Å². The van der Waals surface area contributed by atoms with Gasteiger partial charge in [-0.25, -0.2) is 5.84 Å². The summed E-state index contributed by atoms with van der Waals surface area (Å²) in [7, 11) is 0. The highest BCUT2D eigenvalue weighted by atomic mass is 35.5. The molecule has 0 aromatic heterocycles. The van der Waals surface area contributed by atoms with E-state index in [1.54, 1.807) is 0 Å². The summed E-state index contributed by atoms with van der Waals surface area (Å²) in [6.45, 7) is 0. The Morgan fingerprint density at radius 1 is 1.62 bits per heavy atom. The Morgan fingerprint density at radius 3 is 2.85 bits per heavy atom. The van der Waals surface area contributed by atoms with Crippen molar-refractivity contribution in [2.75, 3.05) is 0 Å². The van der Waals surface area contributed by atoms with Crippen LogP contribution in [0.1, 0.15) is 15.9 Å². The highest BCUT2D eigenvalue weighted by Crippen LogP contribution is 2.16. The van der Waals surface area contributed by atoms with E-state index in [-0.39, 0.29) is 5.56 Å². The fourth-order valence-corrected chi connectivity index (χ4v) is 0.995. The molecule has 0 bridgehead atoms. The lowest BCUT2D eigenvalue weighted by Crippen LogP contribution is -2.29. The predicted molar refractivity (Wildman–Crippen MR) is 47.8 cm³/mol. The van der Waals surface area contributed by atoms with E-state index < -0.39 is 5.91 Å². The van der Waals surface area contributed by atoms with Crippen molar-refractivity contribution in [2.45, 2.75) is 0 Å². The first-order chi connectivity index (χ1) is 6.19. The molecule has 0 saturated heterocycles. The van der Waals surface area contributed by atoms with Gasteiger partial charge in [0.15, 0.2) is 0 Å². The summed E-state index contributed by atoms with van der Waals surface area (Å²) in [5, 5.41) is 8.92. The van der Waals surface area contributed by atoms with Gasteiger partial charge in [-0.05, 0) is 18.2 Å². The second-order valence-electron chi connectivity index (χ2n) is 2.28. The number of nitriles is 1. The SMILES string of the molecule is N#Cc1cc(C(=O)NN)ccc1Cl. The topological polar surface area (TPSA) is 78.9 Å². The van der Waals surface area contributed by atoms with Gasteiger partial charge >= 0.3 is 0 Å². The van der Waals surface area contributed by atoms with Crippen LogP contribution < -0.4 is 11.3 Å². The van der Waals surface area contributed by atoms with Crippen LogP contribution in [0, 0.1) is 11.3 Å². The molecule has 5 heteroatoms. The molecule has 0 aliphatic carbocycles. The molecule has 0 aliphatic rings. The summed E-state index contributed by atoms with van der Waals surface area (Å²) in [5.41, 5.74) is 2.52. The Bertz CT molecular complexity index is 383. The second-order valence-corrected chi connectivity index (χ2v) is 2.69. The number of carbonyl (C=O) groups is 1. The molecule has 0 saturated carbocycles. The summed E-state index contributed by atoms with van der Waals surface area (Å²) in [6.07, 6.45) is 0. The third-order valence-corrected chi connectivity index (χ3v) is 1.81. The lowest BCUT2D eigenvalue weighted by molar-refractivity contribution is 0.0953. The van der Waals surface area contributed by atoms with Gasteiger partial charge in [0.05, 0.1) is 10.6 Å². The van der Waals surface area contributed by atoms with E-state index in [0.717, 1.165) is 0 Å². The highest BCUT2D eigenvalue weighted by molar-refractivity contribution is 6.31. The number of amides is 1. The minimum absolute atomic E-state index is 0.253. The first-order valence-electron chi connectivity index (χ1n) is 3.39. The molecule has 0 radical (unpaired) electrons. The Balaban J connectivity index is 3.15. The van der Waals surface area contributed by atoms with Gasteiger partial charge in [-0.2, -0.15) is 5.26 Å². The van der Waals surface area contributed by atoms with Crippen molar-refractivity contribution < 1.29 is 4.79 Å². The maximum atomic E-state index is 11.0. The fraction of sp³-hybridized carbons (Fsp3) is 0. The molecule has 0 atom stereocenters. The third-order valence-electron chi connectivity index (χ3n) is 1.48. The molecular formula is C8H6ClN3O. The molecular weight excluding hydrogens is 190 g/mol. The van der Waals surface area contributed by atoms with Gasteiger partial charge in [0.2, 0.25) is 0 Å². The zero-order valence-corrected chi connectivity index (χ0v) is 7.30. The zero-order chi connectivity index (χ0) is 9.84. The number of rotatable bonds is 1. The van der Waals surface area contributed by atoms with Crippen LogP contribution in [0.5, 0.6) is 0 Å². The van der Waals surface area contributed by atoms with Crippen LogP contribution in [0.3, 0.4) is 0 Å². The molecule has 1 amide bonds. The Morgan fingerprint density at radius 2 is 2.31 bits per heavy atom. The second kappa shape index (κ2) is 3.90. The van der Waals surface area contributed by atoms with Gasteiger partial charge in [0.1, 0.15) is 6.07 Å². The minimum atomic E-state index is -0.451. The summed E-state index contributed by atoms with van der Waals surface area (Å²) in [4.78, 5) is 11.0. The molecule has 0 unspecified atom stereocenters. The average molecular weight is 196 g/mol. The number of nitrogens with one attached hydrogen (secondary N) is 1. The van der Waals surface area contributed by atoms with E-state index in [4.69, 9.17) is 22.7 Å². The molecule has 0 spiro atoms. The van der Waals surface area contributed by atoms with E-state index in [1.165, 1.54) is 18.2 Å². The van der Waals surface area contributed by atoms with E-state index in [9.17, 15) is 4.79 Å². The van der Waals surface area contributed by atoms with Crippen LogP contribution in [-0.4, -0.2) is 5.91 Å².